The topological polar surface area (TPSA) is 59.4 Å². The fraction of sp³-hybridized carbons (Fsp3) is 0.565. The Kier molecular flexibility index (Phi) is 6.09. The highest BCUT2D eigenvalue weighted by Crippen LogP contribution is 2.33. The first-order valence-electron chi connectivity index (χ1n) is 10.9. The zero-order valence-electron chi connectivity index (χ0n) is 18.0. The van der Waals surface area contributed by atoms with E-state index in [2.05, 4.69) is 34.3 Å². The molecule has 1 N–H and O–H groups in total. The third-order valence-corrected chi connectivity index (χ3v) is 6.32. The van der Waals surface area contributed by atoms with E-state index in [-0.39, 0.29) is 11.8 Å². The molecule has 4 rings (SSSR count). The van der Waals surface area contributed by atoms with Crippen LogP contribution in [0.4, 0.5) is 4.39 Å². The van der Waals surface area contributed by atoms with Crippen LogP contribution >= 0.6 is 0 Å². The van der Waals surface area contributed by atoms with E-state index in [9.17, 15) is 9.18 Å². The van der Waals surface area contributed by atoms with E-state index in [4.69, 9.17) is 4.74 Å². The maximum atomic E-state index is 14.6. The van der Waals surface area contributed by atoms with Gasteiger partial charge in [-0.3, -0.25) is 9.36 Å². The van der Waals surface area contributed by atoms with Crippen LogP contribution in [0.1, 0.15) is 55.4 Å². The number of aryl methyl sites for hydroxylation is 1. The molecule has 3 heterocycles. The molecule has 0 bridgehead atoms. The van der Waals surface area contributed by atoms with Gasteiger partial charge in [-0.15, -0.1) is 0 Å². The number of allylic oxidation sites excluding steroid dienone is 4. The van der Waals surface area contributed by atoms with Gasteiger partial charge in [0.25, 0.3) is 5.91 Å². The van der Waals surface area contributed by atoms with Gasteiger partial charge in [-0.05, 0) is 30.4 Å². The van der Waals surface area contributed by atoms with Gasteiger partial charge >= 0.3 is 0 Å². The molecular formula is C23H31FN4O2. The lowest BCUT2D eigenvalue weighted by Gasteiger charge is -2.34. The molecule has 0 spiro atoms. The van der Waals surface area contributed by atoms with E-state index >= 15 is 0 Å². The van der Waals surface area contributed by atoms with Gasteiger partial charge in [-0.25, -0.2) is 9.37 Å². The minimum absolute atomic E-state index is 0.201. The number of alkyl halides is 1. The molecule has 1 aromatic rings. The SMILES string of the molecule is CCc1nc2n(c1C(=O)NCC1=CC=C(N3CCOCC3)CC1C)C=CC(C)C2F. The minimum Gasteiger partial charge on any atom is -0.378 e. The molecule has 6 nitrogen and oxygen atoms in total. The van der Waals surface area contributed by atoms with E-state index in [0.717, 1.165) is 32.7 Å². The third-order valence-electron chi connectivity index (χ3n) is 6.32. The van der Waals surface area contributed by atoms with Crippen molar-refractivity contribution in [2.24, 2.45) is 11.8 Å². The number of carbonyl (C=O) groups excluding carboxylic acids is 1. The van der Waals surface area contributed by atoms with Gasteiger partial charge in [0.2, 0.25) is 0 Å². The Morgan fingerprint density at radius 2 is 2.07 bits per heavy atom. The maximum absolute atomic E-state index is 14.6. The lowest BCUT2D eigenvalue weighted by Crippen LogP contribution is -2.37. The number of morpholine rings is 1. The summed E-state index contributed by atoms with van der Waals surface area (Å²) in [5.41, 5.74) is 3.63. The molecule has 162 valence electrons. The first kappa shape index (κ1) is 20.8. The van der Waals surface area contributed by atoms with Crippen molar-refractivity contribution < 1.29 is 13.9 Å². The number of hydrogen-bond donors (Lipinski definition) is 1. The van der Waals surface area contributed by atoms with Crippen LogP contribution in [0.15, 0.2) is 29.5 Å². The second-order valence-electron chi connectivity index (χ2n) is 8.38. The summed E-state index contributed by atoms with van der Waals surface area (Å²) in [5, 5.41) is 3.04. The van der Waals surface area contributed by atoms with Crippen molar-refractivity contribution in [2.45, 2.75) is 39.8 Å². The summed E-state index contributed by atoms with van der Waals surface area (Å²) in [6, 6.07) is 0. The molecule has 0 radical (unpaired) electrons. The lowest BCUT2D eigenvalue weighted by molar-refractivity contribution is 0.0512. The molecular weight excluding hydrogens is 383 g/mol. The number of nitrogens with zero attached hydrogens (tertiary/aromatic N) is 3. The first-order chi connectivity index (χ1) is 14.5. The van der Waals surface area contributed by atoms with Crippen molar-refractivity contribution in [1.29, 1.82) is 0 Å². The van der Waals surface area contributed by atoms with E-state index in [1.807, 2.05) is 13.8 Å². The molecule has 7 heteroatoms. The standard InChI is InChI=1S/C23H31FN4O2/c1-4-19-21(28-8-7-15(2)20(24)22(28)26-19)23(29)25-14-17-5-6-18(13-16(17)3)27-9-11-30-12-10-27/h5-8,15-16,20H,4,9-14H2,1-3H3,(H,25,29). The normalized spacial score (nSPS) is 26.1. The fourth-order valence-corrected chi connectivity index (χ4v) is 4.35. The highest BCUT2D eigenvalue weighted by atomic mass is 19.1. The van der Waals surface area contributed by atoms with Gasteiger partial charge in [-0.2, -0.15) is 0 Å². The van der Waals surface area contributed by atoms with Crippen LogP contribution in [0, 0.1) is 11.8 Å². The smallest absolute Gasteiger partial charge is 0.270 e. The molecule has 2 aliphatic heterocycles. The Morgan fingerprint density at radius 1 is 1.30 bits per heavy atom. The molecule has 30 heavy (non-hydrogen) atoms. The number of fused-ring (bicyclic) bond motifs is 1. The van der Waals surface area contributed by atoms with Gasteiger partial charge in [0.05, 0.1) is 18.9 Å². The van der Waals surface area contributed by atoms with Crippen molar-refractivity contribution in [3.05, 3.63) is 46.7 Å². The number of aromatic nitrogens is 2. The Balaban J connectivity index is 1.47. The van der Waals surface area contributed by atoms with E-state index in [1.54, 1.807) is 16.8 Å². The second kappa shape index (κ2) is 8.76. The van der Waals surface area contributed by atoms with Crippen molar-refractivity contribution in [1.82, 2.24) is 19.8 Å². The first-order valence-corrected chi connectivity index (χ1v) is 10.9. The average Bonchev–Trinajstić information content (AvgIpc) is 3.15. The van der Waals surface area contributed by atoms with Gasteiger partial charge in [-0.1, -0.05) is 32.9 Å². The van der Waals surface area contributed by atoms with E-state index in [1.165, 1.54) is 11.3 Å². The highest BCUT2D eigenvalue weighted by Gasteiger charge is 2.31. The molecule has 1 aromatic heterocycles. The van der Waals surface area contributed by atoms with Crippen molar-refractivity contribution in [2.75, 3.05) is 32.8 Å². The zero-order chi connectivity index (χ0) is 21.3. The van der Waals surface area contributed by atoms with Crippen LogP contribution < -0.4 is 5.32 Å². The second-order valence-corrected chi connectivity index (χ2v) is 8.38. The van der Waals surface area contributed by atoms with Crippen LogP contribution in [0.5, 0.6) is 0 Å². The Hall–Kier alpha value is -2.41. The quantitative estimate of drug-likeness (QED) is 0.801. The molecule has 1 aliphatic carbocycles. The van der Waals surface area contributed by atoms with Crippen molar-refractivity contribution >= 4 is 12.1 Å². The van der Waals surface area contributed by atoms with Gasteiger partial charge in [0.1, 0.15) is 11.5 Å². The number of imidazole rings is 1. The summed E-state index contributed by atoms with van der Waals surface area (Å²) in [7, 11) is 0. The monoisotopic (exact) mass is 414 g/mol. The van der Waals surface area contributed by atoms with Gasteiger partial charge in [0.15, 0.2) is 6.17 Å². The number of hydrogen-bond acceptors (Lipinski definition) is 4. The zero-order valence-corrected chi connectivity index (χ0v) is 18.0. The minimum atomic E-state index is -1.19. The number of rotatable bonds is 5. The van der Waals surface area contributed by atoms with Gasteiger partial charge < -0.3 is 15.0 Å². The van der Waals surface area contributed by atoms with Crippen LogP contribution in [-0.2, 0) is 11.2 Å². The third kappa shape index (κ3) is 3.95. The summed E-state index contributed by atoms with van der Waals surface area (Å²) in [6.07, 6.45) is 8.23. The number of halogens is 1. The summed E-state index contributed by atoms with van der Waals surface area (Å²) in [6.45, 7) is 9.87. The summed E-state index contributed by atoms with van der Waals surface area (Å²) in [5.74, 6) is 0.249. The Morgan fingerprint density at radius 3 is 2.77 bits per heavy atom. The fourth-order valence-electron chi connectivity index (χ4n) is 4.35. The number of nitrogens with one attached hydrogen (secondary N) is 1. The lowest BCUT2D eigenvalue weighted by atomic mass is 9.90. The number of carbonyl (C=O) groups is 1. The molecule has 3 atom stereocenters. The predicted molar refractivity (Wildman–Crippen MR) is 115 cm³/mol. The highest BCUT2D eigenvalue weighted by molar-refractivity contribution is 5.95. The van der Waals surface area contributed by atoms with E-state index < -0.39 is 6.17 Å². The van der Waals surface area contributed by atoms with Crippen LogP contribution in [0.2, 0.25) is 0 Å². The molecule has 0 aromatic carbocycles. The summed E-state index contributed by atoms with van der Waals surface area (Å²) in [4.78, 5) is 19.8. The van der Waals surface area contributed by atoms with Gasteiger partial charge in [0, 0.05) is 37.4 Å². The molecule has 3 unspecified atom stereocenters. The van der Waals surface area contributed by atoms with Crippen LogP contribution in [0.25, 0.3) is 6.20 Å². The molecule has 0 saturated carbocycles. The number of ether oxygens (including phenoxy) is 1. The summed E-state index contributed by atoms with van der Waals surface area (Å²) < 4.78 is 21.6. The Labute approximate surface area is 177 Å². The Bertz CT molecular complexity index is 895. The van der Waals surface area contributed by atoms with Crippen molar-refractivity contribution in [3.8, 4) is 0 Å². The molecule has 1 amide bonds. The van der Waals surface area contributed by atoms with Crippen LogP contribution in [0.3, 0.4) is 0 Å². The summed E-state index contributed by atoms with van der Waals surface area (Å²) >= 11 is 0. The largest absolute Gasteiger partial charge is 0.378 e. The van der Waals surface area contributed by atoms with E-state index in [0.29, 0.717) is 36.1 Å². The average molecular weight is 415 g/mol. The molecule has 1 fully saturated rings. The predicted octanol–water partition coefficient (Wildman–Crippen LogP) is 3.49. The molecule has 3 aliphatic rings. The maximum Gasteiger partial charge on any atom is 0.270 e. The van der Waals surface area contributed by atoms with Crippen LogP contribution in [-0.4, -0.2) is 53.2 Å². The van der Waals surface area contributed by atoms with Crippen molar-refractivity contribution in [3.63, 3.8) is 0 Å². The number of amides is 1. The molecule has 1 saturated heterocycles.